The number of ether oxygens (including phenoxy) is 2. The molecule has 0 fully saturated rings. The van der Waals surface area contributed by atoms with Gasteiger partial charge in [-0.15, -0.1) is 24.5 Å². The summed E-state index contributed by atoms with van der Waals surface area (Å²) in [5.74, 6) is 0.527. The van der Waals surface area contributed by atoms with Gasteiger partial charge < -0.3 is 20.1 Å². The minimum atomic E-state index is -4.79. The molecule has 0 spiro atoms. The maximum absolute atomic E-state index is 12.6. The van der Waals surface area contributed by atoms with E-state index in [1.807, 2.05) is 12.1 Å². The Balaban J connectivity index is 1.24. The van der Waals surface area contributed by atoms with Crippen LogP contribution in [0, 0.1) is 0 Å². The number of hydrogen-bond donors (Lipinski definition) is 2. The number of anilines is 2. The predicted octanol–water partition coefficient (Wildman–Crippen LogP) is 7.04. The minimum absolute atomic E-state index is 0.228. The first-order valence-electron chi connectivity index (χ1n) is 11.7. The van der Waals surface area contributed by atoms with Gasteiger partial charge in [-0.05, 0) is 65.9 Å². The number of rotatable bonds is 7. The first-order chi connectivity index (χ1) is 18.3. The lowest BCUT2D eigenvalue weighted by atomic mass is 9.98. The molecule has 38 heavy (non-hydrogen) atoms. The van der Waals surface area contributed by atoms with Crippen LogP contribution in [0.3, 0.4) is 0 Å². The Morgan fingerprint density at radius 1 is 1.03 bits per heavy atom. The zero-order valence-electron chi connectivity index (χ0n) is 20.0. The zero-order chi connectivity index (χ0) is 26.5. The second-order valence-electron chi connectivity index (χ2n) is 8.54. The van der Waals surface area contributed by atoms with Crippen LogP contribution in [0.25, 0.3) is 0 Å². The molecule has 7 nitrogen and oxygen atoms in total. The van der Waals surface area contributed by atoms with Crippen LogP contribution in [-0.4, -0.2) is 28.8 Å². The van der Waals surface area contributed by atoms with E-state index in [4.69, 9.17) is 4.74 Å². The molecule has 0 radical (unpaired) electrons. The van der Waals surface area contributed by atoms with E-state index in [0.717, 1.165) is 43.8 Å². The van der Waals surface area contributed by atoms with Crippen molar-refractivity contribution in [3.63, 3.8) is 0 Å². The maximum atomic E-state index is 12.6. The van der Waals surface area contributed by atoms with Crippen molar-refractivity contribution in [1.82, 2.24) is 9.88 Å². The van der Waals surface area contributed by atoms with Gasteiger partial charge in [0, 0.05) is 42.0 Å². The molecule has 0 bridgehead atoms. The number of hydrogen-bond acceptors (Lipinski definition) is 6. The smallest absolute Gasteiger partial charge is 0.437 e. The van der Waals surface area contributed by atoms with Crippen LogP contribution >= 0.6 is 11.3 Å². The minimum Gasteiger partial charge on any atom is -0.437 e. The first kappa shape index (κ1) is 25.6. The summed E-state index contributed by atoms with van der Waals surface area (Å²) in [5, 5.41) is 7.34. The second-order valence-corrected chi connectivity index (χ2v) is 9.58. The van der Waals surface area contributed by atoms with Gasteiger partial charge >= 0.3 is 12.4 Å². The van der Waals surface area contributed by atoms with Crippen molar-refractivity contribution < 1.29 is 27.4 Å². The highest BCUT2D eigenvalue weighted by molar-refractivity contribution is 7.09. The average Bonchev–Trinajstić information content (AvgIpc) is 3.39. The summed E-state index contributed by atoms with van der Waals surface area (Å²) in [6.45, 7) is 2.62. The number of halogens is 3. The van der Waals surface area contributed by atoms with Gasteiger partial charge in [-0.2, -0.15) is 0 Å². The van der Waals surface area contributed by atoms with Crippen molar-refractivity contribution in [3.05, 3.63) is 94.3 Å². The van der Waals surface area contributed by atoms with Crippen LogP contribution in [0.2, 0.25) is 0 Å². The van der Waals surface area contributed by atoms with Gasteiger partial charge in [0.05, 0.1) is 0 Å². The summed E-state index contributed by atoms with van der Waals surface area (Å²) in [6, 6.07) is 17.7. The lowest BCUT2D eigenvalue weighted by molar-refractivity contribution is -0.274. The SMILES string of the molecule is O=C(Nc1ccc(OC(F)(F)F)cc1)Nc1cccnc1Oc1cccc2c1CCN(Cc1cccs1)C2. The van der Waals surface area contributed by atoms with Crippen LogP contribution in [0.15, 0.2) is 78.3 Å². The normalized spacial score (nSPS) is 13.4. The monoisotopic (exact) mass is 540 g/mol. The molecule has 0 saturated heterocycles. The van der Waals surface area contributed by atoms with Gasteiger partial charge in [0.2, 0.25) is 5.88 Å². The van der Waals surface area contributed by atoms with Gasteiger partial charge in [-0.3, -0.25) is 4.90 Å². The van der Waals surface area contributed by atoms with Gasteiger partial charge in [-0.1, -0.05) is 18.2 Å². The Hall–Kier alpha value is -4.09. The second kappa shape index (κ2) is 11.1. The summed E-state index contributed by atoms with van der Waals surface area (Å²) in [4.78, 5) is 20.6. The Morgan fingerprint density at radius 3 is 2.63 bits per heavy atom. The summed E-state index contributed by atoms with van der Waals surface area (Å²) in [6.07, 6.45) is -2.40. The van der Waals surface area contributed by atoms with E-state index in [0.29, 0.717) is 11.4 Å². The molecular weight excluding hydrogens is 517 g/mol. The number of fused-ring (bicyclic) bond motifs is 1. The highest BCUT2D eigenvalue weighted by Crippen LogP contribution is 2.34. The molecule has 0 atom stereocenters. The molecule has 0 aliphatic carbocycles. The number of amides is 2. The Kier molecular flexibility index (Phi) is 7.47. The number of pyridine rings is 1. The van der Waals surface area contributed by atoms with Gasteiger partial charge in [0.25, 0.3) is 0 Å². The van der Waals surface area contributed by atoms with Gasteiger partial charge in [0.1, 0.15) is 17.2 Å². The van der Waals surface area contributed by atoms with E-state index >= 15 is 0 Å². The molecule has 11 heteroatoms. The van der Waals surface area contributed by atoms with Crippen LogP contribution in [-0.2, 0) is 19.5 Å². The molecular formula is C27H23F3N4O3S. The molecule has 3 heterocycles. The Labute approximate surface area is 220 Å². The number of nitrogens with zero attached hydrogens (tertiary/aromatic N) is 2. The highest BCUT2D eigenvalue weighted by atomic mass is 32.1. The van der Waals surface area contributed by atoms with Crippen molar-refractivity contribution in [2.75, 3.05) is 17.2 Å². The third-order valence-corrected chi connectivity index (χ3v) is 6.69. The quantitative estimate of drug-likeness (QED) is 0.263. The number of benzene rings is 2. The van der Waals surface area contributed by atoms with Gasteiger partial charge in [0.15, 0.2) is 0 Å². The molecule has 196 valence electrons. The molecule has 2 aromatic heterocycles. The number of aromatic nitrogens is 1. The van der Waals surface area contributed by atoms with Crippen molar-refractivity contribution in [2.45, 2.75) is 25.9 Å². The molecule has 2 amide bonds. The predicted molar refractivity (Wildman–Crippen MR) is 139 cm³/mol. The standard InChI is InChI=1S/C27H23F3N4O3S/c28-27(29,30)37-20-10-8-19(9-11-20)32-26(35)33-23-6-2-13-31-25(23)36-24-7-1-4-18-16-34(14-12-22(18)24)17-21-5-3-15-38-21/h1-11,13,15H,12,14,16-17H2,(H2,32,33,35). The Bertz CT molecular complexity index is 1400. The van der Waals surface area contributed by atoms with E-state index < -0.39 is 12.4 Å². The van der Waals surface area contributed by atoms with Gasteiger partial charge in [-0.25, -0.2) is 9.78 Å². The number of alkyl halides is 3. The lowest BCUT2D eigenvalue weighted by Gasteiger charge is -2.29. The summed E-state index contributed by atoms with van der Waals surface area (Å²) >= 11 is 1.75. The van der Waals surface area contributed by atoms with Crippen LogP contribution in [0.4, 0.5) is 29.3 Å². The van der Waals surface area contributed by atoms with Crippen molar-refractivity contribution in [1.29, 1.82) is 0 Å². The van der Waals surface area contributed by atoms with E-state index in [9.17, 15) is 18.0 Å². The molecule has 0 unspecified atom stereocenters. The van der Waals surface area contributed by atoms with Crippen molar-refractivity contribution >= 4 is 28.7 Å². The third-order valence-electron chi connectivity index (χ3n) is 5.83. The summed E-state index contributed by atoms with van der Waals surface area (Å²) in [7, 11) is 0. The average molecular weight is 541 g/mol. The molecule has 2 N–H and O–H groups in total. The lowest BCUT2D eigenvalue weighted by Crippen LogP contribution is -2.30. The summed E-state index contributed by atoms with van der Waals surface area (Å²) in [5.41, 5.74) is 2.92. The largest absolute Gasteiger partial charge is 0.573 e. The fourth-order valence-electron chi connectivity index (χ4n) is 4.18. The zero-order valence-corrected chi connectivity index (χ0v) is 20.8. The molecule has 1 aliphatic heterocycles. The van der Waals surface area contributed by atoms with E-state index in [2.05, 4.69) is 48.8 Å². The molecule has 4 aromatic rings. The molecule has 1 aliphatic rings. The Morgan fingerprint density at radius 2 is 1.87 bits per heavy atom. The van der Waals surface area contributed by atoms with Crippen LogP contribution in [0.5, 0.6) is 17.4 Å². The fourth-order valence-corrected chi connectivity index (χ4v) is 4.93. The number of nitrogens with one attached hydrogen (secondary N) is 2. The van der Waals surface area contributed by atoms with Crippen LogP contribution in [0.1, 0.15) is 16.0 Å². The van der Waals surface area contributed by atoms with Crippen molar-refractivity contribution in [2.24, 2.45) is 0 Å². The number of carbonyl (C=O) groups excluding carboxylic acids is 1. The molecule has 5 rings (SSSR count). The highest BCUT2D eigenvalue weighted by Gasteiger charge is 2.31. The molecule has 2 aromatic carbocycles. The van der Waals surface area contributed by atoms with Crippen molar-refractivity contribution in [3.8, 4) is 17.4 Å². The molecule has 0 saturated carbocycles. The maximum Gasteiger partial charge on any atom is 0.573 e. The fraction of sp³-hybridized carbons (Fsp3) is 0.185. The summed E-state index contributed by atoms with van der Waals surface area (Å²) < 4.78 is 47.1. The van der Waals surface area contributed by atoms with E-state index in [1.165, 1.54) is 22.6 Å². The first-order valence-corrected chi connectivity index (χ1v) is 12.6. The number of urea groups is 1. The number of carbonyl (C=O) groups is 1. The van der Waals surface area contributed by atoms with E-state index in [1.54, 1.807) is 29.7 Å². The third kappa shape index (κ3) is 6.61. The number of thiophene rings is 1. The topological polar surface area (TPSA) is 75.7 Å². The van der Waals surface area contributed by atoms with E-state index in [-0.39, 0.29) is 17.3 Å². The van der Waals surface area contributed by atoms with Crippen LogP contribution < -0.4 is 20.1 Å².